The van der Waals surface area contributed by atoms with Crippen LogP contribution in [0.4, 0.5) is 0 Å². The summed E-state index contributed by atoms with van der Waals surface area (Å²) >= 11 is 7.18. The van der Waals surface area contributed by atoms with Gasteiger partial charge < -0.3 is 4.74 Å². The van der Waals surface area contributed by atoms with Gasteiger partial charge in [0.15, 0.2) is 5.78 Å². The van der Waals surface area contributed by atoms with E-state index in [1.807, 2.05) is 6.07 Å². The number of ketones is 1. The number of ether oxygens (including phenoxy) is 1. The Morgan fingerprint density at radius 2 is 2.18 bits per heavy atom. The highest BCUT2D eigenvalue weighted by Crippen LogP contribution is 2.22. The standard InChI is InChI=1S/C11H9ClN2O2S/c1-16-11-5-3-8(13-14-11)9(15)6-7-2-4-10(12)17-7/h2-5H,6H2,1H3. The van der Waals surface area contributed by atoms with E-state index in [2.05, 4.69) is 10.2 Å². The van der Waals surface area contributed by atoms with Crippen LogP contribution in [0.1, 0.15) is 15.4 Å². The molecule has 0 atom stereocenters. The third-order valence-electron chi connectivity index (χ3n) is 2.10. The largest absolute Gasteiger partial charge is 0.480 e. The first kappa shape index (κ1) is 12.0. The SMILES string of the molecule is COc1ccc(C(=O)Cc2ccc(Cl)s2)nn1. The van der Waals surface area contributed by atoms with Crippen LogP contribution in [0.3, 0.4) is 0 Å². The summed E-state index contributed by atoms with van der Waals surface area (Å²) in [7, 11) is 1.50. The Balaban J connectivity index is 2.09. The molecule has 0 bridgehead atoms. The number of nitrogens with zero attached hydrogens (tertiary/aromatic N) is 2. The van der Waals surface area contributed by atoms with Crippen molar-refractivity contribution in [3.63, 3.8) is 0 Å². The van der Waals surface area contributed by atoms with Gasteiger partial charge in [0, 0.05) is 17.4 Å². The van der Waals surface area contributed by atoms with Crippen molar-refractivity contribution in [2.24, 2.45) is 0 Å². The molecule has 17 heavy (non-hydrogen) atoms. The highest BCUT2D eigenvalue weighted by atomic mass is 35.5. The van der Waals surface area contributed by atoms with Crippen LogP contribution < -0.4 is 4.74 Å². The Morgan fingerprint density at radius 1 is 1.35 bits per heavy atom. The van der Waals surface area contributed by atoms with Gasteiger partial charge in [-0.2, -0.15) is 0 Å². The van der Waals surface area contributed by atoms with E-state index in [0.29, 0.717) is 22.3 Å². The van der Waals surface area contributed by atoms with Crippen LogP contribution in [0.5, 0.6) is 5.88 Å². The number of hydrogen-bond donors (Lipinski definition) is 0. The fourth-order valence-corrected chi connectivity index (χ4v) is 2.36. The number of rotatable bonds is 4. The van der Waals surface area contributed by atoms with Crippen LogP contribution >= 0.6 is 22.9 Å². The Bertz CT molecular complexity index is 525. The van der Waals surface area contributed by atoms with E-state index in [9.17, 15) is 4.79 Å². The number of carbonyl (C=O) groups is 1. The molecule has 0 aromatic carbocycles. The zero-order valence-corrected chi connectivity index (χ0v) is 10.6. The number of thiophene rings is 1. The van der Waals surface area contributed by atoms with Gasteiger partial charge in [0.05, 0.1) is 11.4 Å². The third kappa shape index (κ3) is 3.01. The topological polar surface area (TPSA) is 52.1 Å². The fraction of sp³-hybridized carbons (Fsp3) is 0.182. The van der Waals surface area contributed by atoms with E-state index >= 15 is 0 Å². The maximum atomic E-state index is 11.8. The minimum atomic E-state index is -0.0846. The first-order valence-corrected chi connectivity index (χ1v) is 6.03. The minimum Gasteiger partial charge on any atom is -0.480 e. The van der Waals surface area contributed by atoms with Crippen molar-refractivity contribution >= 4 is 28.7 Å². The molecule has 0 radical (unpaired) electrons. The Morgan fingerprint density at radius 3 is 2.71 bits per heavy atom. The van der Waals surface area contributed by atoms with E-state index in [4.69, 9.17) is 16.3 Å². The lowest BCUT2D eigenvalue weighted by atomic mass is 10.2. The molecular weight excluding hydrogens is 260 g/mol. The summed E-state index contributed by atoms with van der Waals surface area (Å²) in [6, 6.07) is 6.82. The third-order valence-corrected chi connectivity index (χ3v) is 3.33. The van der Waals surface area contributed by atoms with Crippen molar-refractivity contribution in [1.82, 2.24) is 10.2 Å². The molecule has 2 aromatic rings. The number of methoxy groups -OCH3 is 1. The van der Waals surface area contributed by atoms with Gasteiger partial charge in [-0.1, -0.05) is 11.6 Å². The smallest absolute Gasteiger partial charge is 0.233 e. The lowest BCUT2D eigenvalue weighted by molar-refractivity contribution is 0.0988. The number of Topliss-reactive ketones (excluding diaryl/α,β-unsaturated/α-hetero) is 1. The second-order valence-corrected chi connectivity index (χ2v) is 5.07. The monoisotopic (exact) mass is 268 g/mol. The molecule has 0 aliphatic heterocycles. The molecule has 0 saturated carbocycles. The second kappa shape index (κ2) is 5.25. The van der Waals surface area contributed by atoms with E-state index in [0.717, 1.165) is 4.88 Å². The predicted molar refractivity (Wildman–Crippen MR) is 65.9 cm³/mol. The Labute approximate surface area is 107 Å². The number of aromatic nitrogens is 2. The van der Waals surface area contributed by atoms with E-state index in [1.165, 1.54) is 18.4 Å². The normalized spacial score (nSPS) is 10.2. The summed E-state index contributed by atoms with van der Waals surface area (Å²) in [5, 5.41) is 7.55. The summed E-state index contributed by atoms with van der Waals surface area (Å²) in [6.45, 7) is 0. The van der Waals surface area contributed by atoms with Gasteiger partial charge in [-0.25, -0.2) is 0 Å². The second-order valence-electron chi connectivity index (χ2n) is 3.27. The van der Waals surface area contributed by atoms with Crippen LogP contribution in [0.25, 0.3) is 0 Å². The summed E-state index contributed by atoms with van der Waals surface area (Å²) in [5.74, 6) is 0.305. The van der Waals surface area contributed by atoms with Crippen molar-refractivity contribution in [2.75, 3.05) is 7.11 Å². The summed E-state index contributed by atoms with van der Waals surface area (Å²) in [6.07, 6.45) is 0.290. The van der Waals surface area contributed by atoms with Gasteiger partial charge in [0.1, 0.15) is 5.69 Å². The fourth-order valence-electron chi connectivity index (χ4n) is 1.27. The number of halogens is 1. The maximum Gasteiger partial charge on any atom is 0.233 e. The molecule has 4 nitrogen and oxygen atoms in total. The van der Waals surface area contributed by atoms with Gasteiger partial charge in [0.2, 0.25) is 5.88 Å². The first-order chi connectivity index (χ1) is 8.19. The molecule has 0 saturated heterocycles. The van der Waals surface area contributed by atoms with Crippen molar-refractivity contribution < 1.29 is 9.53 Å². The van der Waals surface area contributed by atoms with Crippen LogP contribution in [-0.2, 0) is 6.42 Å². The lowest BCUT2D eigenvalue weighted by Gasteiger charge is -1.99. The molecule has 6 heteroatoms. The molecule has 0 fully saturated rings. The number of hydrogen-bond acceptors (Lipinski definition) is 5. The molecule has 2 heterocycles. The molecule has 2 aromatic heterocycles. The molecule has 0 aliphatic rings. The average Bonchev–Trinajstić information content (AvgIpc) is 2.75. The summed E-state index contributed by atoms with van der Waals surface area (Å²) < 4.78 is 5.54. The summed E-state index contributed by atoms with van der Waals surface area (Å²) in [4.78, 5) is 12.8. The first-order valence-electron chi connectivity index (χ1n) is 4.84. The van der Waals surface area contributed by atoms with Gasteiger partial charge in [-0.05, 0) is 18.2 Å². The molecule has 2 rings (SSSR count). The van der Waals surface area contributed by atoms with Gasteiger partial charge in [-0.15, -0.1) is 21.5 Å². The molecule has 0 aliphatic carbocycles. The average molecular weight is 269 g/mol. The van der Waals surface area contributed by atoms with Crippen molar-refractivity contribution in [3.05, 3.63) is 39.2 Å². The predicted octanol–water partition coefficient (Wildman–Crippen LogP) is 2.63. The van der Waals surface area contributed by atoms with E-state index in [1.54, 1.807) is 18.2 Å². The summed E-state index contributed by atoms with van der Waals surface area (Å²) in [5.41, 5.74) is 0.329. The number of carbonyl (C=O) groups excluding carboxylic acids is 1. The molecular formula is C11H9ClN2O2S. The van der Waals surface area contributed by atoms with Gasteiger partial charge in [0.25, 0.3) is 0 Å². The van der Waals surface area contributed by atoms with Gasteiger partial charge >= 0.3 is 0 Å². The van der Waals surface area contributed by atoms with Crippen LogP contribution in [0.2, 0.25) is 4.34 Å². The molecule has 0 amide bonds. The molecule has 0 spiro atoms. The molecule has 0 N–H and O–H groups in total. The minimum absolute atomic E-state index is 0.0846. The molecule has 88 valence electrons. The lowest BCUT2D eigenvalue weighted by Crippen LogP contribution is -2.06. The maximum absolute atomic E-state index is 11.8. The quantitative estimate of drug-likeness (QED) is 0.800. The highest BCUT2D eigenvalue weighted by molar-refractivity contribution is 7.16. The van der Waals surface area contributed by atoms with Gasteiger partial charge in [-0.3, -0.25) is 4.79 Å². The van der Waals surface area contributed by atoms with Crippen LogP contribution in [0.15, 0.2) is 24.3 Å². The van der Waals surface area contributed by atoms with Crippen LogP contribution in [-0.4, -0.2) is 23.1 Å². The zero-order chi connectivity index (χ0) is 12.3. The van der Waals surface area contributed by atoms with E-state index < -0.39 is 0 Å². The van der Waals surface area contributed by atoms with Crippen molar-refractivity contribution in [1.29, 1.82) is 0 Å². The van der Waals surface area contributed by atoms with Crippen molar-refractivity contribution in [2.45, 2.75) is 6.42 Å². The Kier molecular flexibility index (Phi) is 3.71. The Hall–Kier alpha value is -1.46. The van der Waals surface area contributed by atoms with E-state index in [-0.39, 0.29) is 5.78 Å². The van der Waals surface area contributed by atoms with Crippen LogP contribution in [0, 0.1) is 0 Å². The highest BCUT2D eigenvalue weighted by Gasteiger charge is 2.11. The zero-order valence-electron chi connectivity index (χ0n) is 9.01. The van der Waals surface area contributed by atoms with Crippen molar-refractivity contribution in [3.8, 4) is 5.88 Å². The molecule has 0 unspecified atom stereocenters.